The standard InChI is InChI=1S/C12H17ClO3S2/c1-9(2)11-8-10(18(13,14)15)4-5-12(11)16-6-7-17-3/h4-5,8-9H,6-7H2,1-3H3. The van der Waals surface area contributed by atoms with Gasteiger partial charge in [0.1, 0.15) is 5.75 Å². The maximum Gasteiger partial charge on any atom is 0.261 e. The summed E-state index contributed by atoms with van der Waals surface area (Å²) >= 11 is 1.70. The van der Waals surface area contributed by atoms with E-state index in [4.69, 9.17) is 15.4 Å². The predicted molar refractivity (Wildman–Crippen MR) is 77.4 cm³/mol. The second-order valence-electron chi connectivity index (χ2n) is 4.13. The van der Waals surface area contributed by atoms with E-state index in [0.29, 0.717) is 6.61 Å². The first-order valence-electron chi connectivity index (χ1n) is 5.56. The summed E-state index contributed by atoms with van der Waals surface area (Å²) in [6.07, 6.45) is 2.01. The molecular formula is C12H17ClO3S2. The number of rotatable bonds is 6. The molecule has 1 aromatic carbocycles. The minimum absolute atomic E-state index is 0.116. The summed E-state index contributed by atoms with van der Waals surface area (Å²) in [5.74, 6) is 1.79. The van der Waals surface area contributed by atoms with Gasteiger partial charge in [-0.15, -0.1) is 0 Å². The van der Waals surface area contributed by atoms with E-state index in [2.05, 4.69) is 0 Å². The molecule has 102 valence electrons. The highest BCUT2D eigenvalue weighted by atomic mass is 35.7. The molecule has 0 bridgehead atoms. The van der Waals surface area contributed by atoms with E-state index < -0.39 is 9.05 Å². The Bertz CT molecular complexity index is 498. The molecular weight excluding hydrogens is 292 g/mol. The molecule has 6 heteroatoms. The number of hydrogen-bond acceptors (Lipinski definition) is 4. The molecule has 1 aromatic rings. The van der Waals surface area contributed by atoms with E-state index in [-0.39, 0.29) is 10.8 Å². The van der Waals surface area contributed by atoms with Gasteiger partial charge in [0.25, 0.3) is 9.05 Å². The van der Waals surface area contributed by atoms with Gasteiger partial charge in [0.05, 0.1) is 11.5 Å². The van der Waals surface area contributed by atoms with E-state index >= 15 is 0 Å². The molecule has 0 aliphatic carbocycles. The third-order valence-electron chi connectivity index (χ3n) is 2.43. The summed E-state index contributed by atoms with van der Waals surface area (Å²) in [5, 5.41) is 0. The Kier molecular flexibility index (Phi) is 5.82. The van der Waals surface area contributed by atoms with Crippen molar-refractivity contribution in [1.82, 2.24) is 0 Å². The van der Waals surface area contributed by atoms with Crippen LogP contribution >= 0.6 is 22.4 Å². The molecule has 1 rings (SSSR count). The van der Waals surface area contributed by atoms with Gasteiger partial charge in [0.2, 0.25) is 0 Å². The average Bonchev–Trinajstić information content (AvgIpc) is 2.28. The van der Waals surface area contributed by atoms with Crippen molar-refractivity contribution < 1.29 is 13.2 Å². The third-order valence-corrected chi connectivity index (χ3v) is 4.36. The normalized spacial score (nSPS) is 11.8. The van der Waals surface area contributed by atoms with Crippen LogP contribution in [0.4, 0.5) is 0 Å². The van der Waals surface area contributed by atoms with Gasteiger partial charge < -0.3 is 4.74 Å². The van der Waals surface area contributed by atoms with Crippen molar-refractivity contribution in [2.24, 2.45) is 0 Å². The zero-order valence-corrected chi connectivity index (χ0v) is 13.0. The molecule has 3 nitrogen and oxygen atoms in total. The van der Waals surface area contributed by atoms with Crippen LogP contribution in [0, 0.1) is 0 Å². The first-order chi connectivity index (χ1) is 8.36. The van der Waals surface area contributed by atoms with Crippen LogP contribution in [0.3, 0.4) is 0 Å². The molecule has 0 aliphatic heterocycles. The fourth-order valence-electron chi connectivity index (χ4n) is 1.50. The van der Waals surface area contributed by atoms with Crippen LogP contribution < -0.4 is 4.74 Å². The zero-order valence-electron chi connectivity index (χ0n) is 10.6. The van der Waals surface area contributed by atoms with E-state index in [0.717, 1.165) is 17.1 Å². The summed E-state index contributed by atoms with van der Waals surface area (Å²) in [6, 6.07) is 4.73. The van der Waals surface area contributed by atoms with Gasteiger partial charge in [0.15, 0.2) is 0 Å². The van der Waals surface area contributed by atoms with Crippen LogP contribution in [-0.4, -0.2) is 27.0 Å². The maximum atomic E-state index is 11.3. The quantitative estimate of drug-likeness (QED) is 0.596. The Hall–Kier alpha value is -0.390. The lowest BCUT2D eigenvalue weighted by atomic mass is 10.0. The van der Waals surface area contributed by atoms with Gasteiger partial charge in [-0.2, -0.15) is 11.8 Å². The molecule has 0 aromatic heterocycles. The Balaban J connectivity index is 3.05. The molecule has 0 saturated heterocycles. The number of benzene rings is 1. The lowest BCUT2D eigenvalue weighted by Gasteiger charge is -2.14. The van der Waals surface area contributed by atoms with Crippen molar-refractivity contribution in [2.75, 3.05) is 18.6 Å². The fraction of sp³-hybridized carbons (Fsp3) is 0.500. The minimum Gasteiger partial charge on any atom is -0.492 e. The van der Waals surface area contributed by atoms with Gasteiger partial charge >= 0.3 is 0 Å². The van der Waals surface area contributed by atoms with Crippen molar-refractivity contribution in [1.29, 1.82) is 0 Å². The van der Waals surface area contributed by atoms with Crippen LogP contribution in [0.1, 0.15) is 25.3 Å². The lowest BCUT2D eigenvalue weighted by molar-refractivity contribution is 0.338. The number of halogens is 1. The van der Waals surface area contributed by atoms with E-state index in [1.807, 2.05) is 20.1 Å². The van der Waals surface area contributed by atoms with Crippen molar-refractivity contribution in [2.45, 2.75) is 24.7 Å². The molecule has 0 unspecified atom stereocenters. The van der Waals surface area contributed by atoms with E-state index in [9.17, 15) is 8.42 Å². The zero-order chi connectivity index (χ0) is 13.8. The van der Waals surface area contributed by atoms with Crippen LogP contribution in [0.15, 0.2) is 23.1 Å². The number of thioether (sulfide) groups is 1. The summed E-state index contributed by atoms with van der Waals surface area (Å²) in [5.41, 5.74) is 0.859. The fourth-order valence-corrected chi connectivity index (χ4v) is 2.53. The topological polar surface area (TPSA) is 43.4 Å². The monoisotopic (exact) mass is 308 g/mol. The van der Waals surface area contributed by atoms with Gasteiger partial charge in [-0.25, -0.2) is 8.42 Å². The smallest absolute Gasteiger partial charge is 0.261 e. The summed E-state index contributed by atoms with van der Waals surface area (Å²) in [4.78, 5) is 0.116. The number of ether oxygens (including phenoxy) is 1. The van der Waals surface area contributed by atoms with Crippen molar-refractivity contribution in [3.63, 3.8) is 0 Å². The Labute approximate surface area is 117 Å². The first-order valence-corrected chi connectivity index (χ1v) is 9.27. The molecule has 0 atom stereocenters. The molecule has 0 heterocycles. The van der Waals surface area contributed by atoms with Crippen molar-refractivity contribution >= 4 is 31.5 Å². The third kappa shape index (κ3) is 4.37. The SMILES string of the molecule is CSCCOc1ccc(S(=O)(=O)Cl)cc1C(C)C. The Morgan fingerprint density at radius 2 is 2.06 bits per heavy atom. The van der Waals surface area contributed by atoms with Gasteiger partial charge in [0, 0.05) is 16.4 Å². The molecule has 0 N–H and O–H groups in total. The summed E-state index contributed by atoms with van der Waals surface area (Å²) in [6.45, 7) is 4.58. The minimum atomic E-state index is -3.69. The Morgan fingerprint density at radius 3 is 2.56 bits per heavy atom. The van der Waals surface area contributed by atoms with Crippen molar-refractivity contribution in [3.8, 4) is 5.75 Å². The van der Waals surface area contributed by atoms with Gasteiger partial charge in [-0.1, -0.05) is 13.8 Å². The van der Waals surface area contributed by atoms with Crippen LogP contribution in [0.2, 0.25) is 0 Å². The number of hydrogen-bond donors (Lipinski definition) is 0. The highest BCUT2D eigenvalue weighted by Gasteiger charge is 2.15. The average molecular weight is 309 g/mol. The van der Waals surface area contributed by atoms with Crippen LogP contribution in [0.5, 0.6) is 5.75 Å². The van der Waals surface area contributed by atoms with E-state index in [1.165, 1.54) is 6.07 Å². The highest BCUT2D eigenvalue weighted by Crippen LogP contribution is 2.30. The summed E-state index contributed by atoms with van der Waals surface area (Å²) < 4.78 is 28.2. The highest BCUT2D eigenvalue weighted by molar-refractivity contribution is 8.13. The predicted octanol–water partition coefficient (Wildman–Crippen LogP) is 3.48. The molecule has 0 aliphatic rings. The molecule has 18 heavy (non-hydrogen) atoms. The second-order valence-corrected chi connectivity index (χ2v) is 7.68. The maximum absolute atomic E-state index is 11.3. The first kappa shape index (κ1) is 15.7. The Morgan fingerprint density at radius 1 is 1.39 bits per heavy atom. The van der Waals surface area contributed by atoms with Gasteiger partial charge in [-0.05, 0) is 35.9 Å². The van der Waals surface area contributed by atoms with E-state index in [1.54, 1.807) is 23.9 Å². The second kappa shape index (κ2) is 6.68. The van der Waals surface area contributed by atoms with Crippen molar-refractivity contribution in [3.05, 3.63) is 23.8 Å². The largest absolute Gasteiger partial charge is 0.492 e. The molecule has 0 spiro atoms. The molecule has 0 radical (unpaired) electrons. The molecule has 0 fully saturated rings. The van der Waals surface area contributed by atoms with Crippen LogP contribution in [0.25, 0.3) is 0 Å². The molecule has 0 saturated carbocycles. The lowest BCUT2D eigenvalue weighted by Crippen LogP contribution is -2.04. The van der Waals surface area contributed by atoms with Gasteiger partial charge in [-0.3, -0.25) is 0 Å². The molecule has 0 amide bonds. The van der Waals surface area contributed by atoms with Crippen LogP contribution in [-0.2, 0) is 9.05 Å². The summed E-state index contributed by atoms with van der Waals surface area (Å²) in [7, 11) is 1.65.